The monoisotopic (exact) mass is 388 g/mol. The highest BCUT2D eigenvalue weighted by molar-refractivity contribution is 5.94. The molecule has 1 aliphatic carbocycles. The molecule has 1 aliphatic rings. The van der Waals surface area contributed by atoms with Gasteiger partial charge in [0, 0.05) is 16.5 Å². The Kier molecular flexibility index (Phi) is 3.51. The van der Waals surface area contributed by atoms with E-state index in [1.54, 1.807) is 0 Å². The number of aromatic nitrogens is 2. The molecule has 0 fully saturated rings. The minimum atomic E-state index is -0.0551. The first kappa shape index (κ1) is 17.2. The average Bonchev–Trinajstić information content (AvgIpc) is 3.36. The third-order valence-electron chi connectivity index (χ3n) is 6.28. The molecule has 0 N–H and O–H groups in total. The van der Waals surface area contributed by atoms with Crippen LogP contribution in [-0.2, 0) is 5.41 Å². The molecule has 0 spiro atoms. The van der Waals surface area contributed by atoms with E-state index in [9.17, 15) is 0 Å². The third kappa shape index (κ3) is 2.38. The lowest BCUT2D eigenvalue weighted by molar-refractivity contribution is 0.584. The molecule has 1 aromatic heterocycles. The van der Waals surface area contributed by atoms with E-state index in [0.717, 1.165) is 21.9 Å². The van der Waals surface area contributed by atoms with Crippen molar-refractivity contribution in [2.45, 2.75) is 19.3 Å². The lowest BCUT2D eigenvalue weighted by Gasteiger charge is -2.21. The molecule has 144 valence electrons. The van der Waals surface area contributed by atoms with Crippen LogP contribution in [0, 0.1) is 0 Å². The Bertz CT molecular complexity index is 1420. The van der Waals surface area contributed by atoms with Crippen molar-refractivity contribution in [3.8, 4) is 34.0 Å². The van der Waals surface area contributed by atoms with E-state index in [1.165, 1.54) is 22.3 Å². The molecule has 0 saturated heterocycles. The molecule has 0 atom stereocenters. The number of hydrogen-bond donors (Lipinski definition) is 0. The predicted octanol–water partition coefficient (Wildman–Crippen LogP) is 6.86. The van der Waals surface area contributed by atoms with Crippen LogP contribution in [0.25, 0.3) is 44.8 Å². The highest BCUT2D eigenvalue weighted by atomic mass is 16.4. The Morgan fingerprint density at radius 3 is 2.27 bits per heavy atom. The summed E-state index contributed by atoms with van der Waals surface area (Å²) in [5.41, 5.74) is 7.11. The number of benzene rings is 4. The van der Waals surface area contributed by atoms with Gasteiger partial charge in [-0.25, -0.2) is 0 Å². The molecule has 3 heteroatoms. The summed E-state index contributed by atoms with van der Waals surface area (Å²) in [7, 11) is 0. The molecule has 0 unspecified atom stereocenters. The van der Waals surface area contributed by atoms with Crippen molar-refractivity contribution in [3.63, 3.8) is 0 Å². The van der Waals surface area contributed by atoms with Gasteiger partial charge in [-0.3, -0.25) is 0 Å². The summed E-state index contributed by atoms with van der Waals surface area (Å²) in [4.78, 5) is 0. The van der Waals surface area contributed by atoms with E-state index >= 15 is 0 Å². The van der Waals surface area contributed by atoms with Crippen LogP contribution in [0.2, 0.25) is 0 Å². The first-order valence-corrected chi connectivity index (χ1v) is 10.2. The van der Waals surface area contributed by atoms with Crippen LogP contribution < -0.4 is 0 Å². The van der Waals surface area contributed by atoms with Crippen molar-refractivity contribution in [1.29, 1.82) is 0 Å². The quantitative estimate of drug-likeness (QED) is 0.331. The van der Waals surface area contributed by atoms with Gasteiger partial charge in [0.15, 0.2) is 0 Å². The standard InChI is InChI=1S/C27H20N2O/c1-27(2)23-13-6-5-11-20(23)21-15-14-18(16-24(21)27)25-28-29-26(30-25)22-12-7-9-17-8-3-4-10-19(17)22/h3-16H,1-2H3. The Balaban J connectivity index is 1.45. The second-order valence-electron chi connectivity index (χ2n) is 8.37. The van der Waals surface area contributed by atoms with E-state index in [0.29, 0.717) is 11.8 Å². The Morgan fingerprint density at radius 1 is 0.633 bits per heavy atom. The van der Waals surface area contributed by atoms with Gasteiger partial charge in [-0.05, 0) is 51.2 Å². The molecule has 0 radical (unpaired) electrons. The molecule has 0 amide bonds. The van der Waals surface area contributed by atoms with E-state index in [-0.39, 0.29) is 5.41 Å². The molecule has 0 aliphatic heterocycles. The summed E-state index contributed by atoms with van der Waals surface area (Å²) >= 11 is 0. The minimum Gasteiger partial charge on any atom is -0.416 e. The highest BCUT2D eigenvalue weighted by Crippen LogP contribution is 2.49. The minimum absolute atomic E-state index is 0.0551. The van der Waals surface area contributed by atoms with Gasteiger partial charge in [0.1, 0.15) is 0 Å². The maximum Gasteiger partial charge on any atom is 0.248 e. The summed E-state index contributed by atoms with van der Waals surface area (Å²) in [6.45, 7) is 4.55. The summed E-state index contributed by atoms with van der Waals surface area (Å²) in [5.74, 6) is 1.09. The zero-order valence-electron chi connectivity index (χ0n) is 16.9. The van der Waals surface area contributed by atoms with Gasteiger partial charge in [0.25, 0.3) is 0 Å². The molecule has 5 aromatic rings. The van der Waals surface area contributed by atoms with Crippen molar-refractivity contribution < 1.29 is 4.42 Å². The SMILES string of the molecule is CC1(C)c2ccccc2-c2ccc(-c3nnc(-c4cccc5ccccc45)o3)cc21. The fourth-order valence-electron chi connectivity index (χ4n) is 4.70. The molecule has 3 nitrogen and oxygen atoms in total. The molecule has 6 rings (SSSR count). The van der Waals surface area contributed by atoms with Crippen LogP contribution in [0.3, 0.4) is 0 Å². The number of rotatable bonds is 2. The van der Waals surface area contributed by atoms with Gasteiger partial charge in [0.05, 0.1) is 0 Å². The molecular weight excluding hydrogens is 368 g/mol. The number of nitrogens with zero attached hydrogens (tertiary/aromatic N) is 2. The van der Waals surface area contributed by atoms with Crippen LogP contribution >= 0.6 is 0 Å². The topological polar surface area (TPSA) is 38.9 Å². The van der Waals surface area contributed by atoms with Crippen molar-refractivity contribution in [2.24, 2.45) is 0 Å². The van der Waals surface area contributed by atoms with Crippen LogP contribution in [0.4, 0.5) is 0 Å². The fraction of sp³-hybridized carbons (Fsp3) is 0.111. The first-order chi connectivity index (χ1) is 14.6. The van der Waals surface area contributed by atoms with Crippen LogP contribution in [0.1, 0.15) is 25.0 Å². The lowest BCUT2D eigenvalue weighted by atomic mass is 9.82. The van der Waals surface area contributed by atoms with E-state index in [4.69, 9.17) is 4.42 Å². The zero-order chi connectivity index (χ0) is 20.3. The number of fused-ring (bicyclic) bond motifs is 4. The lowest BCUT2D eigenvalue weighted by Crippen LogP contribution is -2.14. The zero-order valence-corrected chi connectivity index (χ0v) is 16.9. The van der Waals surface area contributed by atoms with Crippen molar-refractivity contribution in [1.82, 2.24) is 10.2 Å². The summed E-state index contributed by atoms with van der Waals surface area (Å²) in [5, 5.41) is 11.0. The molecular formula is C27H20N2O. The van der Waals surface area contributed by atoms with Crippen LogP contribution in [-0.4, -0.2) is 10.2 Å². The fourth-order valence-corrected chi connectivity index (χ4v) is 4.70. The highest BCUT2D eigenvalue weighted by Gasteiger charge is 2.35. The first-order valence-electron chi connectivity index (χ1n) is 10.2. The molecule has 30 heavy (non-hydrogen) atoms. The van der Waals surface area contributed by atoms with Crippen molar-refractivity contribution in [3.05, 3.63) is 96.1 Å². The number of hydrogen-bond acceptors (Lipinski definition) is 3. The van der Waals surface area contributed by atoms with Gasteiger partial charge in [-0.2, -0.15) is 0 Å². The summed E-state index contributed by atoms with van der Waals surface area (Å²) in [6.07, 6.45) is 0. The smallest absolute Gasteiger partial charge is 0.248 e. The summed E-state index contributed by atoms with van der Waals surface area (Å²) in [6, 6.07) is 29.5. The third-order valence-corrected chi connectivity index (χ3v) is 6.28. The predicted molar refractivity (Wildman–Crippen MR) is 120 cm³/mol. The van der Waals surface area contributed by atoms with Gasteiger partial charge in [-0.1, -0.05) is 80.6 Å². The molecule has 0 saturated carbocycles. The Labute approximate surface area is 175 Å². The maximum absolute atomic E-state index is 6.15. The molecule has 0 bridgehead atoms. The van der Waals surface area contributed by atoms with Crippen molar-refractivity contribution in [2.75, 3.05) is 0 Å². The van der Waals surface area contributed by atoms with Crippen LogP contribution in [0.5, 0.6) is 0 Å². The average molecular weight is 388 g/mol. The largest absolute Gasteiger partial charge is 0.416 e. The van der Waals surface area contributed by atoms with Gasteiger partial charge in [-0.15, -0.1) is 10.2 Å². The van der Waals surface area contributed by atoms with Crippen molar-refractivity contribution >= 4 is 10.8 Å². The second-order valence-corrected chi connectivity index (χ2v) is 8.37. The normalized spacial score (nSPS) is 13.9. The van der Waals surface area contributed by atoms with Gasteiger partial charge in [0.2, 0.25) is 11.8 Å². The summed E-state index contributed by atoms with van der Waals surface area (Å²) < 4.78 is 6.15. The van der Waals surface area contributed by atoms with E-state index in [2.05, 4.69) is 84.7 Å². The van der Waals surface area contributed by atoms with Gasteiger partial charge >= 0.3 is 0 Å². The van der Waals surface area contributed by atoms with Crippen LogP contribution in [0.15, 0.2) is 89.3 Å². The molecule has 4 aromatic carbocycles. The Morgan fingerprint density at radius 2 is 1.33 bits per heavy atom. The van der Waals surface area contributed by atoms with E-state index < -0.39 is 0 Å². The maximum atomic E-state index is 6.15. The van der Waals surface area contributed by atoms with Gasteiger partial charge < -0.3 is 4.42 Å². The second kappa shape index (κ2) is 6.14. The Hall–Kier alpha value is -3.72. The van der Waals surface area contributed by atoms with E-state index in [1.807, 2.05) is 24.3 Å². The molecule has 1 heterocycles.